The summed E-state index contributed by atoms with van der Waals surface area (Å²) in [5.74, 6) is 2.51. The summed E-state index contributed by atoms with van der Waals surface area (Å²) in [5, 5.41) is 16.6. The van der Waals surface area contributed by atoms with Gasteiger partial charge >= 0.3 is 0 Å². The molecule has 0 spiro atoms. The van der Waals surface area contributed by atoms with E-state index in [1.165, 1.54) is 16.9 Å². The summed E-state index contributed by atoms with van der Waals surface area (Å²) in [6, 6.07) is 24.6. The third kappa shape index (κ3) is 6.67. The third-order valence-corrected chi connectivity index (χ3v) is 8.26. The number of nitrogens with two attached hydrogens (primary N) is 1. The van der Waals surface area contributed by atoms with Gasteiger partial charge in [-0.2, -0.15) is 17.7 Å². The summed E-state index contributed by atoms with van der Waals surface area (Å²) in [6.07, 6.45) is 7.39. The van der Waals surface area contributed by atoms with Crippen molar-refractivity contribution in [1.29, 1.82) is 0 Å². The van der Waals surface area contributed by atoms with Gasteiger partial charge in [0, 0.05) is 36.0 Å². The zero-order chi connectivity index (χ0) is 30.3. The normalized spacial score (nSPS) is 13.8. The number of aromatic nitrogens is 8. The maximum absolute atomic E-state index is 5.82. The number of nitrogens with zero attached hydrogens (tertiary/aromatic N) is 8. The number of hydrogen-bond acceptors (Lipinski definition) is 11. The number of nitrogens with one attached hydrogen (secondary N) is 1. The number of nitrogen functional groups attached to an aromatic ring is 1. The Morgan fingerprint density at radius 1 is 0.864 bits per heavy atom. The van der Waals surface area contributed by atoms with Crippen LogP contribution in [0.1, 0.15) is 30.1 Å². The lowest BCUT2D eigenvalue weighted by Crippen LogP contribution is -2.32. The lowest BCUT2D eigenvalue weighted by atomic mass is 9.95. The lowest BCUT2D eigenvalue weighted by molar-refractivity contribution is 0.202. The first-order valence-electron chi connectivity index (χ1n) is 14.3. The average Bonchev–Trinajstić information content (AvgIpc) is 3.77. The van der Waals surface area contributed by atoms with E-state index in [0.717, 1.165) is 66.4 Å². The van der Waals surface area contributed by atoms with Crippen LogP contribution in [0, 0.1) is 0 Å². The number of rotatable bonds is 7. The molecule has 0 atom stereocenters. The highest BCUT2D eigenvalue weighted by molar-refractivity contribution is 7.79. The van der Waals surface area contributed by atoms with Gasteiger partial charge in [-0.1, -0.05) is 72.0 Å². The van der Waals surface area contributed by atoms with Crippen LogP contribution < -0.4 is 5.73 Å². The van der Waals surface area contributed by atoms with Crippen LogP contribution in [0.4, 0.5) is 5.13 Å². The van der Waals surface area contributed by atoms with Crippen molar-refractivity contribution in [3.05, 3.63) is 96.6 Å². The van der Waals surface area contributed by atoms with Gasteiger partial charge in [-0.15, -0.1) is 10.2 Å². The van der Waals surface area contributed by atoms with Crippen LogP contribution in [0.2, 0.25) is 0 Å². The van der Waals surface area contributed by atoms with Gasteiger partial charge < -0.3 is 5.73 Å². The predicted octanol–water partition coefficient (Wildman–Crippen LogP) is 6.02. The van der Waals surface area contributed by atoms with E-state index in [2.05, 4.69) is 84.3 Å². The van der Waals surface area contributed by atoms with Crippen molar-refractivity contribution in [3.8, 4) is 44.7 Å². The molecule has 0 aliphatic carbocycles. The summed E-state index contributed by atoms with van der Waals surface area (Å²) in [5.41, 5.74) is 11.8. The predicted molar refractivity (Wildman–Crippen MR) is 178 cm³/mol. The SMILES string of the molecule is CS.Nc1nnc(-c2ncc(-c3ccccc3)c(-c3ccc(CN4CCC(c5nc(-c6ccccn6)n[nH]5)CC4)cc3)n2)s1. The highest BCUT2D eigenvalue weighted by atomic mass is 32.1. The first-order valence-corrected chi connectivity index (χ1v) is 16.0. The number of benzene rings is 2. The van der Waals surface area contributed by atoms with E-state index in [9.17, 15) is 0 Å². The Hall–Kier alpha value is -4.52. The van der Waals surface area contributed by atoms with Crippen molar-refractivity contribution < 1.29 is 0 Å². The highest BCUT2D eigenvalue weighted by Crippen LogP contribution is 2.33. The van der Waals surface area contributed by atoms with E-state index < -0.39 is 0 Å². The Morgan fingerprint density at radius 2 is 1.64 bits per heavy atom. The fraction of sp³-hybridized carbons (Fsp3) is 0.219. The van der Waals surface area contributed by atoms with Gasteiger partial charge in [-0.05, 0) is 55.4 Å². The molecule has 1 aliphatic heterocycles. The molecule has 1 fully saturated rings. The molecule has 0 unspecified atom stereocenters. The molecule has 44 heavy (non-hydrogen) atoms. The van der Waals surface area contributed by atoms with Crippen LogP contribution in [-0.4, -0.2) is 64.6 Å². The Bertz CT molecular complexity index is 1780. The first kappa shape index (κ1) is 29.5. The molecule has 4 aromatic heterocycles. The standard InChI is InChI=1S/C31H28N10S.CH4S/c32-31-40-39-30(42-31)29-34-18-24(21-6-2-1-3-7-21)26(35-29)22-11-9-20(10-12-22)19-41-16-13-23(14-17-41)27-36-28(38-37-27)25-8-4-5-15-33-25;1-2/h1-12,15,18,23H,13-14,16-17,19H2,(H2,32,40)(H,36,37,38);2H,1H3. The second kappa shape index (κ2) is 13.8. The topological polar surface area (TPSA) is 135 Å². The number of anilines is 1. The minimum absolute atomic E-state index is 0.375. The van der Waals surface area contributed by atoms with E-state index in [-0.39, 0.29) is 0 Å². The van der Waals surface area contributed by atoms with Crippen LogP contribution >= 0.6 is 24.0 Å². The Labute approximate surface area is 265 Å². The van der Waals surface area contributed by atoms with Crippen molar-refractivity contribution >= 4 is 29.1 Å². The van der Waals surface area contributed by atoms with Gasteiger partial charge in [0.05, 0.1) is 5.69 Å². The maximum atomic E-state index is 5.82. The summed E-state index contributed by atoms with van der Waals surface area (Å²) in [6.45, 7) is 2.90. The molecule has 0 saturated carbocycles. The van der Waals surface area contributed by atoms with Gasteiger partial charge in [-0.25, -0.2) is 15.0 Å². The molecule has 1 saturated heterocycles. The number of piperidine rings is 1. The fourth-order valence-corrected chi connectivity index (χ4v) is 5.87. The van der Waals surface area contributed by atoms with Gasteiger partial charge in [0.25, 0.3) is 0 Å². The van der Waals surface area contributed by atoms with E-state index in [1.807, 2.05) is 42.6 Å². The summed E-state index contributed by atoms with van der Waals surface area (Å²) >= 11 is 4.81. The van der Waals surface area contributed by atoms with Crippen LogP contribution in [-0.2, 0) is 6.54 Å². The smallest absolute Gasteiger partial charge is 0.203 e. The average molecular weight is 621 g/mol. The lowest BCUT2D eigenvalue weighted by Gasteiger charge is -2.31. The molecular formula is C32H32N10S2. The first-order chi connectivity index (χ1) is 21.7. The largest absolute Gasteiger partial charge is 0.374 e. The number of pyridine rings is 1. The summed E-state index contributed by atoms with van der Waals surface area (Å²) in [7, 11) is 0. The van der Waals surface area contributed by atoms with Crippen molar-refractivity contribution in [1.82, 2.24) is 45.2 Å². The van der Waals surface area contributed by atoms with Gasteiger partial charge in [0.1, 0.15) is 11.5 Å². The molecule has 0 amide bonds. The molecule has 12 heteroatoms. The van der Waals surface area contributed by atoms with Gasteiger partial charge in [0.15, 0.2) is 16.7 Å². The Balaban J connectivity index is 0.00000168. The zero-order valence-corrected chi connectivity index (χ0v) is 25.9. The Kier molecular flexibility index (Phi) is 9.30. The number of H-pyrrole nitrogens is 1. The number of thiol groups is 1. The zero-order valence-electron chi connectivity index (χ0n) is 24.2. The van der Waals surface area contributed by atoms with Crippen molar-refractivity contribution in [2.24, 2.45) is 0 Å². The molecule has 0 bridgehead atoms. The van der Waals surface area contributed by atoms with Gasteiger partial charge in [0.2, 0.25) is 5.13 Å². The minimum Gasteiger partial charge on any atom is -0.374 e. The number of likely N-dealkylation sites (tertiary alicyclic amines) is 1. The number of aromatic amines is 1. The molecule has 7 rings (SSSR count). The Morgan fingerprint density at radius 3 is 2.34 bits per heavy atom. The molecular weight excluding hydrogens is 589 g/mol. The van der Waals surface area contributed by atoms with Crippen molar-refractivity contribution in [2.75, 3.05) is 25.1 Å². The van der Waals surface area contributed by atoms with Crippen molar-refractivity contribution in [2.45, 2.75) is 25.3 Å². The van der Waals surface area contributed by atoms with E-state index >= 15 is 0 Å². The van der Waals surface area contributed by atoms with Crippen molar-refractivity contribution in [3.63, 3.8) is 0 Å². The maximum Gasteiger partial charge on any atom is 0.203 e. The van der Waals surface area contributed by atoms with Crippen LogP contribution in [0.25, 0.3) is 44.7 Å². The molecule has 222 valence electrons. The molecule has 10 nitrogen and oxygen atoms in total. The third-order valence-electron chi connectivity index (χ3n) is 7.51. The van der Waals surface area contributed by atoms with E-state index in [0.29, 0.717) is 27.7 Å². The second-order valence-corrected chi connectivity index (χ2v) is 11.3. The van der Waals surface area contributed by atoms with Gasteiger partial charge in [-0.3, -0.25) is 15.0 Å². The fourth-order valence-electron chi connectivity index (χ4n) is 5.32. The molecule has 5 heterocycles. The van der Waals surface area contributed by atoms with E-state index in [4.69, 9.17) is 15.7 Å². The molecule has 6 aromatic rings. The highest BCUT2D eigenvalue weighted by Gasteiger charge is 2.24. The number of hydrogen-bond donors (Lipinski definition) is 3. The van der Waals surface area contributed by atoms with Crippen LogP contribution in [0.15, 0.2) is 85.2 Å². The minimum atomic E-state index is 0.375. The molecule has 1 aliphatic rings. The summed E-state index contributed by atoms with van der Waals surface area (Å²) < 4.78 is 0. The monoisotopic (exact) mass is 620 g/mol. The van der Waals surface area contributed by atoms with Crippen LogP contribution in [0.5, 0.6) is 0 Å². The molecule has 0 radical (unpaired) electrons. The molecule has 3 N–H and O–H groups in total. The van der Waals surface area contributed by atoms with Crippen LogP contribution in [0.3, 0.4) is 0 Å². The second-order valence-electron chi connectivity index (χ2n) is 10.3. The quantitative estimate of drug-likeness (QED) is 0.183. The summed E-state index contributed by atoms with van der Waals surface area (Å²) in [4.78, 5) is 21.1. The van der Waals surface area contributed by atoms with E-state index in [1.54, 1.807) is 12.5 Å². The molecule has 2 aromatic carbocycles.